The molecule has 0 spiro atoms. The van der Waals surface area contributed by atoms with E-state index >= 15 is 0 Å². The zero-order chi connectivity index (χ0) is 30.9. The highest BCUT2D eigenvalue weighted by molar-refractivity contribution is 7.89. The van der Waals surface area contributed by atoms with Crippen molar-refractivity contribution in [3.8, 4) is 17.0 Å². The summed E-state index contributed by atoms with van der Waals surface area (Å²) in [6.45, 7) is -0.542. The maximum atomic E-state index is 13.3. The molecule has 17 heteroatoms. The number of nitrogens with one attached hydrogen (secondary N) is 1. The van der Waals surface area contributed by atoms with Crippen LogP contribution < -0.4 is 10.1 Å². The maximum absolute atomic E-state index is 13.3. The second-order valence-electron chi connectivity index (χ2n) is 9.32. The van der Waals surface area contributed by atoms with Crippen LogP contribution in [0.3, 0.4) is 0 Å². The van der Waals surface area contributed by atoms with Gasteiger partial charge in [-0.25, -0.2) is 22.8 Å². The number of hydrogen-bond donors (Lipinski definition) is 1. The SMILES string of the molecule is C[C@H]1CC[C@@H](C(=O)NCc2cc(-c3cnc(C(F)(F)F)nc3)ncc2OCC(F)(F)F)N1S(=O)(=O)c1ccc(F)cc1. The molecule has 1 fully saturated rings. The van der Waals surface area contributed by atoms with Crippen molar-refractivity contribution in [3.63, 3.8) is 0 Å². The van der Waals surface area contributed by atoms with Crippen LogP contribution >= 0.6 is 0 Å². The molecule has 226 valence electrons. The number of rotatable bonds is 8. The van der Waals surface area contributed by atoms with E-state index in [1.54, 1.807) is 6.92 Å². The summed E-state index contributed by atoms with van der Waals surface area (Å²) in [6, 6.07) is 3.48. The van der Waals surface area contributed by atoms with Crippen molar-refractivity contribution in [3.05, 3.63) is 66.1 Å². The molecule has 0 radical (unpaired) electrons. The van der Waals surface area contributed by atoms with Gasteiger partial charge in [-0.3, -0.25) is 9.78 Å². The average molecular weight is 622 g/mol. The van der Waals surface area contributed by atoms with Gasteiger partial charge in [-0.1, -0.05) is 0 Å². The lowest BCUT2D eigenvalue weighted by atomic mass is 10.1. The smallest absolute Gasteiger partial charge is 0.451 e. The van der Waals surface area contributed by atoms with Gasteiger partial charge in [0.2, 0.25) is 21.8 Å². The van der Waals surface area contributed by atoms with Crippen LogP contribution in [0.5, 0.6) is 5.75 Å². The minimum atomic E-state index is -4.80. The van der Waals surface area contributed by atoms with Gasteiger partial charge in [0.15, 0.2) is 6.61 Å². The fourth-order valence-electron chi connectivity index (χ4n) is 4.32. The third-order valence-corrected chi connectivity index (χ3v) is 8.32. The Balaban J connectivity index is 1.58. The molecule has 0 saturated carbocycles. The number of sulfonamides is 1. The molecule has 42 heavy (non-hydrogen) atoms. The van der Waals surface area contributed by atoms with Crippen molar-refractivity contribution >= 4 is 15.9 Å². The standard InChI is InChI=1S/C25H22F7N5O4S/c1-14-2-7-20(37(14)42(39,40)18-5-3-17(26)4-6-18)22(38)34-9-15-8-19(33-12-21(15)41-13-24(27,28)29)16-10-35-23(36-11-16)25(30,31)32/h3-6,8,10-12,14,20H,2,7,9,13H2,1H3,(H,34,38)/t14-,20-/m0/s1. The molecule has 3 heterocycles. The molecule has 2 aromatic heterocycles. The molecule has 4 rings (SSSR count). The lowest BCUT2D eigenvalue weighted by Crippen LogP contribution is -2.48. The predicted octanol–water partition coefficient (Wildman–Crippen LogP) is 4.50. The number of nitrogens with zero attached hydrogens (tertiary/aromatic N) is 4. The van der Waals surface area contributed by atoms with E-state index in [9.17, 15) is 43.9 Å². The van der Waals surface area contributed by atoms with Crippen LogP contribution in [0.2, 0.25) is 0 Å². The van der Waals surface area contributed by atoms with Gasteiger partial charge in [0, 0.05) is 36.1 Å². The molecule has 1 aromatic carbocycles. The van der Waals surface area contributed by atoms with Gasteiger partial charge in [0.25, 0.3) is 0 Å². The van der Waals surface area contributed by atoms with Gasteiger partial charge in [-0.2, -0.15) is 30.6 Å². The Hall–Kier alpha value is -3.86. The summed E-state index contributed by atoms with van der Waals surface area (Å²) in [7, 11) is -4.22. The molecular weight excluding hydrogens is 599 g/mol. The van der Waals surface area contributed by atoms with Crippen LogP contribution in [0.4, 0.5) is 30.7 Å². The van der Waals surface area contributed by atoms with E-state index in [-0.39, 0.29) is 33.9 Å². The number of ether oxygens (including phenoxy) is 1. The third kappa shape index (κ3) is 7.13. The molecule has 0 unspecified atom stereocenters. The Kier molecular flexibility index (Phi) is 8.73. The average Bonchev–Trinajstić information content (AvgIpc) is 3.32. The zero-order valence-corrected chi connectivity index (χ0v) is 22.4. The molecule has 1 aliphatic heterocycles. The van der Waals surface area contributed by atoms with Crippen molar-refractivity contribution in [1.82, 2.24) is 24.6 Å². The zero-order valence-electron chi connectivity index (χ0n) is 21.6. The molecule has 3 aromatic rings. The van der Waals surface area contributed by atoms with Crippen LogP contribution in [0.1, 0.15) is 31.2 Å². The highest BCUT2D eigenvalue weighted by Gasteiger charge is 2.43. The predicted molar refractivity (Wildman–Crippen MR) is 132 cm³/mol. The third-order valence-electron chi connectivity index (χ3n) is 6.29. The number of carbonyl (C=O) groups is 1. The Morgan fingerprint density at radius 1 is 1.02 bits per heavy atom. The van der Waals surface area contributed by atoms with Crippen molar-refractivity contribution < 1.29 is 48.7 Å². The second-order valence-corrected chi connectivity index (χ2v) is 11.2. The molecule has 1 amide bonds. The van der Waals surface area contributed by atoms with E-state index in [1.807, 2.05) is 0 Å². The minimum Gasteiger partial charge on any atom is -0.482 e. The fraction of sp³-hybridized carbons (Fsp3) is 0.360. The molecule has 0 aliphatic carbocycles. The maximum Gasteiger partial charge on any atom is 0.451 e. The van der Waals surface area contributed by atoms with Crippen LogP contribution in [-0.4, -0.2) is 58.4 Å². The van der Waals surface area contributed by atoms with E-state index in [0.29, 0.717) is 6.42 Å². The molecule has 1 aliphatic rings. The number of benzene rings is 1. The summed E-state index contributed by atoms with van der Waals surface area (Å²) in [5, 5.41) is 2.50. The number of carbonyl (C=O) groups excluding carboxylic acids is 1. The number of amides is 1. The van der Waals surface area contributed by atoms with Crippen LogP contribution in [0.15, 0.2) is 53.8 Å². The van der Waals surface area contributed by atoms with Crippen molar-refractivity contribution in [2.75, 3.05) is 6.61 Å². The van der Waals surface area contributed by atoms with Crippen LogP contribution in [0.25, 0.3) is 11.3 Å². The van der Waals surface area contributed by atoms with Crippen molar-refractivity contribution in [1.29, 1.82) is 0 Å². The first kappa shape index (κ1) is 31.1. The minimum absolute atomic E-state index is 0.000804. The van der Waals surface area contributed by atoms with Crippen molar-refractivity contribution in [2.45, 2.75) is 55.6 Å². The molecule has 2 atom stereocenters. The Bertz CT molecular complexity index is 1530. The summed E-state index contributed by atoms with van der Waals surface area (Å²) in [6.07, 6.45) is -6.49. The summed E-state index contributed by atoms with van der Waals surface area (Å²) in [4.78, 5) is 23.3. The largest absolute Gasteiger partial charge is 0.482 e. The quantitative estimate of drug-likeness (QED) is 0.369. The lowest BCUT2D eigenvalue weighted by molar-refractivity contribution is -0.153. The van der Waals surface area contributed by atoms with E-state index in [1.165, 1.54) is 6.07 Å². The molecule has 1 saturated heterocycles. The summed E-state index contributed by atoms with van der Waals surface area (Å²) in [5.41, 5.74) is -0.0575. The normalized spacial score (nSPS) is 18.2. The second kappa shape index (κ2) is 11.8. The van der Waals surface area contributed by atoms with E-state index in [4.69, 9.17) is 4.74 Å². The number of pyridine rings is 1. The monoisotopic (exact) mass is 621 g/mol. The van der Waals surface area contributed by atoms with Gasteiger partial charge >= 0.3 is 12.4 Å². The summed E-state index contributed by atoms with van der Waals surface area (Å²) >= 11 is 0. The molecule has 9 nitrogen and oxygen atoms in total. The lowest BCUT2D eigenvalue weighted by Gasteiger charge is -2.27. The highest BCUT2D eigenvalue weighted by atomic mass is 32.2. The Labute approximate surface area is 234 Å². The number of alkyl halides is 6. The first-order valence-corrected chi connectivity index (χ1v) is 13.6. The summed E-state index contributed by atoms with van der Waals surface area (Å²) < 4.78 is 123. The van der Waals surface area contributed by atoms with Gasteiger partial charge in [-0.15, -0.1) is 0 Å². The van der Waals surface area contributed by atoms with E-state index < -0.39 is 65.2 Å². The van der Waals surface area contributed by atoms with Crippen molar-refractivity contribution in [2.24, 2.45) is 0 Å². The highest BCUT2D eigenvalue weighted by Crippen LogP contribution is 2.32. The number of hydrogen-bond acceptors (Lipinski definition) is 7. The number of aromatic nitrogens is 3. The first-order valence-electron chi connectivity index (χ1n) is 12.2. The first-order chi connectivity index (χ1) is 19.6. The molecule has 0 bridgehead atoms. The van der Waals surface area contributed by atoms with Gasteiger partial charge < -0.3 is 10.1 Å². The van der Waals surface area contributed by atoms with Crippen LogP contribution in [0, 0.1) is 5.82 Å². The van der Waals surface area contributed by atoms with Gasteiger partial charge in [0.05, 0.1) is 16.8 Å². The molecule has 1 N–H and O–H groups in total. The number of halogens is 7. The Morgan fingerprint density at radius 2 is 1.67 bits per heavy atom. The molecular formula is C25H22F7N5O4S. The topological polar surface area (TPSA) is 114 Å². The summed E-state index contributed by atoms with van der Waals surface area (Å²) in [5.74, 6) is -3.20. The van der Waals surface area contributed by atoms with Gasteiger partial charge in [0.1, 0.15) is 17.6 Å². The fourth-order valence-corrected chi connectivity index (χ4v) is 6.16. The van der Waals surface area contributed by atoms with Gasteiger partial charge in [-0.05, 0) is 50.1 Å². The Morgan fingerprint density at radius 3 is 2.26 bits per heavy atom. The van der Waals surface area contributed by atoms with E-state index in [0.717, 1.165) is 47.2 Å². The van der Waals surface area contributed by atoms with Crippen LogP contribution in [-0.2, 0) is 27.5 Å². The van der Waals surface area contributed by atoms with E-state index in [2.05, 4.69) is 20.3 Å².